The number of nitrogens with one attached hydrogen (secondary N) is 1. The summed E-state index contributed by atoms with van der Waals surface area (Å²) in [6.07, 6.45) is 9.91. The molecule has 4 nitrogen and oxygen atoms in total. The highest BCUT2D eigenvalue weighted by molar-refractivity contribution is 5.81. The van der Waals surface area contributed by atoms with Gasteiger partial charge in [0.2, 0.25) is 0 Å². The molecule has 0 aromatic carbocycles. The van der Waals surface area contributed by atoms with E-state index in [0.29, 0.717) is 12.6 Å². The summed E-state index contributed by atoms with van der Waals surface area (Å²) in [7, 11) is 1.91. The van der Waals surface area contributed by atoms with Crippen molar-refractivity contribution in [3.63, 3.8) is 0 Å². The van der Waals surface area contributed by atoms with Gasteiger partial charge in [0.25, 0.3) is 0 Å². The lowest BCUT2D eigenvalue weighted by Crippen LogP contribution is -2.52. The van der Waals surface area contributed by atoms with Crippen LogP contribution in [0.25, 0.3) is 0 Å². The van der Waals surface area contributed by atoms with Crippen LogP contribution >= 0.6 is 0 Å². The zero-order valence-electron chi connectivity index (χ0n) is 13.6. The van der Waals surface area contributed by atoms with E-state index in [1.807, 2.05) is 14.0 Å². The first-order valence-electron chi connectivity index (χ1n) is 8.82. The molecular weight excluding hydrogens is 264 g/mol. The number of fused-ring (bicyclic) bond motifs is 1. The predicted molar refractivity (Wildman–Crippen MR) is 83.1 cm³/mol. The fourth-order valence-corrected chi connectivity index (χ4v) is 5.03. The minimum Gasteiger partial charge on any atom is -0.465 e. The number of likely N-dealkylation sites (N-methyl/N-ethyl adjacent to an activating group) is 1. The normalized spacial score (nSPS) is 40.2. The average molecular weight is 294 g/mol. The molecular formula is C17H30N2O2. The van der Waals surface area contributed by atoms with E-state index >= 15 is 0 Å². The minimum absolute atomic E-state index is 0.0463. The van der Waals surface area contributed by atoms with Gasteiger partial charge in [-0.3, -0.25) is 9.69 Å². The van der Waals surface area contributed by atoms with Crippen molar-refractivity contribution < 1.29 is 9.53 Å². The van der Waals surface area contributed by atoms with E-state index < -0.39 is 5.54 Å². The number of rotatable bonds is 4. The van der Waals surface area contributed by atoms with Crippen LogP contribution < -0.4 is 5.32 Å². The van der Waals surface area contributed by atoms with E-state index in [1.54, 1.807) is 0 Å². The van der Waals surface area contributed by atoms with E-state index in [1.165, 1.54) is 38.6 Å². The number of hydrogen-bond donors (Lipinski definition) is 1. The summed E-state index contributed by atoms with van der Waals surface area (Å²) in [5.74, 6) is 0.876. The topological polar surface area (TPSA) is 41.6 Å². The highest BCUT2D eigenvalue weighted by Gasteiger charge is 2.49. The fraction of sp³-hybridized carbons (Fsp3) is 0.941. The molecule has 4 atom stereocenters. The zero-order valence-corrected chi connectivity index (χ0v) is 13.6. The van der Waals surface area contributed by atoms with E-state index in [0.717, 1.165) is 31.2 Å². The first-order valence-corrected chi connectivity index (χ1v) is 8.82. The Kier molecular flexibility index (Phi) is 4.55. The molecule has 1 N–H and O–H groups in total. The number of piperidine rings is 1. The van der Waals surface area contributed by atoms with Crippen molar-refractivity contribution in [2.75, 3.05) is 20.2 Å². The van der Waals surface area contributed by atoms with Crippen LogP contribution in [0, 0.1) is 5.92 Å². The van der Waals surface area contributed by atoms with Crippen LogP contribution in [0.1, 0.15) is 58.3 Å². The number of nitrogens with zero attached hydrogens (tertiary/aromatic N) is 1. The van der Waals surface area contributed by atoms with E-state index in [9.17, 15) is 4.79 Å². The molecule has 1 aliphatic heterocycles. The summed E-state index contributed by atoms with van der Waals surface area (Å²) in [6.45, 7) is 3.59. The molecule has 4 unspecified atom stereocenters. The molecule has 3 aliphatic rings. The van der Waals surface area contributed by atoms with Gasteiger partial charge >= 0.3 is 5.97 Å². The Hall–Kier alpha value is -0.610. The second-order valence-corrected chi connectivity index (χ2v) is 7.09. The number of likely N-dealkylation sites (tertiary alicyclic amines) is 1. The van der Waals surface area contributed by atoms with Gasteiger partial charge in [-0.1, -0.05) is 6.42 Å². The first kappa shape index (κ1) is 15.3. The van der Waals surface area contributed by atoms with Crippen LogP contribution in [0.3, 0.4) is 0 Å². The molecule has 0 radical (unpaired) electrons. The van der Waals surface area contributed by atoms with Crippen molar-refractivity contribution in [2.45, 2.75) is 75.9 Å². The lowest BCUT2D eigenvalue weighted by atomic mass is 9.89. The molecule has 0 bridgehead atoms. The molecule has 0 spiro atoms. The molecule has 2 saturated carbocycles. The second-order valence-electron chi connectivity index (χ2n) is 7.09. The van der Waals surface area contributed by atoms with Crippen molar-refractivity contribution in [1.29, 1.82) is 0 Å². The third-order valence-electron chi connectivity index (χ3n) is 6.14. The van der Waals surface area contributed by atoms with Crippen LogP contribution in [-0.2, 0) is 9.53 Å². The van der Waals surface area contributed by atoms with E-state index in [-0.39, 0.29) is 5.97 Å². The molecule has 21 heavy (non-hydrogen) atoms. The van der Waals surface area contributed by atoms with Crippen molar-refractivity contribution in [2.24, 2.45) is 5.92 Å². The van der Waals surface area contributed by atoms with Crippen molar-refractivity contribution in [3.05, 3.63) is 0 Å². The van der Waals surface area contributed by atoms with Crippen LogP contribution in [0.4, 0.5) is 0 Å². The van der Waals surface area contributed by atoms with Gasteiger partial charge < -0.3 is 10.1 Å². The molecule has 1 saturated heterocycles. The second kappa shape index (κ2) is 6.25. The molecule has 0 aromatic heterocycles. The van der Waals surface area contributed by atoms with Crippen molar-refractivity contribution in [3.8, 4) is 0 Å². The van der Waals surface area contributed by atoms with Gasteiger partial charge in [-0.15, -0.1) is 0 Å². The van der Waals surface area contributed by atoms with Crippen molar-refractivity contribution >= 4 is 5.97 Å². The number of ether oxygens (including phenoxy) is 1. The monoisotopic (exact) mass is 294 g/mol. The summed E-state index contributed by atoms with van der Waals surface area (Å²) < 4.78 is 5.32. The molecule has 3 fully saturated rings. The smallest absolute Gasteiger partial charge is 0.326 e. The van der Waals surface area contributed by atoms with Crippen LogP contribution in [-0.4, -0.2) is 48.7 Å². The summed E-state index contributed by atoms with van der Waals surface area (Å²) >= 11 is 0. The first-order chi connectivity index (χ1) is 10.2. The Morgan fingerprint density at radius 1 is 1.29 bits per heavy atom. The minimum atomic E-state index is -0.438. The number of hydrogen-bond acceptors (Lipinski definition) is 4. The highest BCUT2D eigenvalue weighted by atomic mass is 16.5. The maximum atomic E-state index is 12.4. The zero-order chi connectivity index (χ0) is 14.9. The summed E-state index contributed by atoms with van der Waals surface area (Å²) in [6, 6.07) is 1.35. The van der Waals surface area contributed by atoms with Gasteiger partial charge in [-0.05, 0) is 71.4 Å². The number of carbonyl (C=O) groups excluding carboxylic acids is 1. The molecule has 3 rings (SSSR count). The number of carbonyl (C=O) groups is 1. The maximum Gasteiger partial charge on any atom is 0.326 e. The Bertz CT molecular complexity index is 387. The molecule has 120 valence electrons. The molecule has 1 heterocycles. The lowest BCUT2D eigenvalue weighted by Gasteiger charge is -2.42. The quantitative estimate of drug-likeness (QED) is 0.808. The van der Waals surface area contributed by atoms with Crippen LogP contribution in [0.15, 0.2) is 0 Å². The maximum absolute atomic E-state index is 12.4. The standard InChI is InChI=1S/C17H30N2O2/c1-3-21-16(20)17(18-2)10-9-14(12-17)19-11-5-7-13-6-4-8-15(13)19/h13-15,18H,3-12H2,1-2H3. The Balaban J connectivity index is 1.69. The summed E-state index contributed by atoms with van der Waals surface area (Å²) in [4.78, 5) is 15.1. The fourth-order valence-electron chi connectivity index (χ4n) is 5.03. The van der Waals surface area contributed by atoms with Crippen LogP contribution in [0.5, 0.6) is 0 Å². The van der Waals surface area contributed by atoms with E-state index in [2.05, 4.69) is 10.2 Å². The van der Waals surface area contributed by atoms with Gasteiger partial charge in [-0.25, -0.2) is 0 Å². The van der Waals surface area contributed by atoms with Crippen molar-refractivity contribution in [1.82, 2.24) is 10.2 Å². The molecule has 2 aliphatic carbocycles. The molecule has 0 aromatic rings. The highest BCUT2D eigenvalue weighted by Crippen LogP contribution is 2.42. The Labute approximate surface area is 128 Å². The third-order valence-corrected chi connectivity index (χ3v) is 6.14. The predicted octanol–water partition coefficient (Wildman–Crippen LogP) is 2.32. The van der Waals surface area contributed by atoms with Crippen LogP contribution in [0.2, 0.25) is 0 Å². The Morgan fingerprint density at radius 3 is 2.86 bits per heavy atom. The van der Waals surface area contributed by atoms with Gasteiger partial charge in [0.05, 0.1) is 6.61 Å². The largest absolute Gasteiger partial charge is 0.465 e. The average Bonchev–Trinajstić information content (AvgIpc) is 3.14. The Morgan fingerprint density at radius 2 is 2.10 bits per heavy atom. The molecule has 0 amide bonds. The third kappa shape index (κ3) is 2.72. The van der Waals surface area contributed by atoms with Gasteiger partial charge in [0.15, 0.2) is 0 Å². The summed E-state index contributed by atoms with van der Waals surface area (Å²) in [5, 5.41) is 3.29. The summed E-state index contributed by atoms with van der Waals surface area (Å²) in [5.41, 5.74) is -0.438. The van der Waals surface area contributed by atoms with Gasteiger partial charge in [-0.2, -0.15) is 0 Å². The molecule has 4 heteroatoms. The van der Waals surface area contributed by atoms with Gasteiger partial charge in [0.1, 0.15) is 5.54 Å². The number of esters is 1. The van der Waals surface area contributed by atoms with Gasteiger partial charge in [0, 0.05) is 12.1 Å². The van der Waals surface area contributed by atoms with E-state index in [4.69, 9.17) is 4.74 Å². The SMILES string of the molecule is CCOC(=O)C1(NC)CCC(N2CCCC3CCCC32)C1. The lowest BCUT2D eigenvalue weighted by molar-refractivity contribution is -0.151.